The van der Waals surface area contributed by atoms with Crippen LogP contribution in [0.5, 0.6) is 0 Å². The average Bonchev–Trinajstić information content (AvgIpc) is 2.16. The summed E-state index contributed by atoms with van der Waals surface area (Å²) in [5, 5.41) is 12.8. The summed E-state index contributed by atoms with van der Waals surface area (Å²) < 4.78 is 0. The zero-order valence-corrected chi connectivity index (χ0v) is 10.7. The molecule has 0 radical (unpaired) electrons. The van der Waals surface area contributed by atoms with Crippen LogP contribution in [0.3, 0.4) is 0 Å². The SMILES string of the molecule is CCC(CC)C(CN)NC(C)CC(C)O. The van der Waals surface area contributed by atoms with Gasteiger partial charge < -0.3 is 16.2 Å². The Hall–Kier alpha value is -0.120. The maximum absolute atomic E-state index is 9.29. The molecule has 3 nitrogen and oxygen atoms in total. The molecular weight excluding hydrogens is 188 g/mol. The van der Waals surface area contributed by atoms with E-state index in [1.54, 1.807) is 0 Å². The van der Waals surface area contributed by atoms with Crippen LogP contribution < -0.4 is 11.1 Å². The minimum Gasteiger partial charge on any atom is -0.393 e. The van der Waals surface area contributed by atoms with Crippen molar-refractivity contribution in [3.05, 3.63) is 0 Å². The summed E-state index contributed by atoms with van der Waals surface area (Å²) in [5.41, 5.74) is 5.78. The lowest BCUT2D eigenvalue weighted by atomic mass is 9.93. The second-order valence-corrected chi connectivity index (χ2v) is 4.57. The van der Waals surface area contributed by atoms with Crippen molar-refractivity contribution in [3.63, 3.8) is 0 Å². The standard InChI is InChI=1S/C12H28N2O/c1-5-11(6-2)12(8-13)14-9(3)7-10(4)15/h9-12,14-15H,5-8,13H2,1-4H3. The highest BCUT2D eigenvalue weighted by Gasteiger charge is 2.19. The van der Waals surface area contributed by atoms with Gasteiger partial charge in [0, 0.05) is 18.6 Å². The predicted molar refractivity (Wildman–Crippen MR) is 65.8 cm³/mol. The minimum absolute atomic E-state index is 0.243. The molecule has 0 aliphatic rings. The van der Waals surface area contributed by atoms with Crippen molar-refractivity contribution in [1.29, 1.82) is 0 Å². The first-order valence-corrected chi connectivity index (χ1v) is 6.19. The van der Waals surface area contributed by atoms with E-state index in [9.17, 15) is 5.11 Å². The Bertz CT molecular complexity index is 147. The molecule has 4 N–H and O–H groups in total. The number of rotatable bonds is 8. The highest BCUT2D eigenvalue weighted by atomic mass is 16.3. The van der Waals surface area contributed by atoms with Gasteiger partial charge in [0.2, 0.25) is 0 Å². The number of hydrogen-bond donors (Lipinski definition) is 3. The molecule has 0 aromatic rings. The fraction of sp³-hybridized carbons (Fsp3) is 1.00. The topological polar surface area (TPSA) is 58.3 Å². The fourth-order valence-electron chi connectivity index (χ4n) is 2.20. The van der Waals surface area contributed by atoms with Gasteiger partial charge in [-0.05, 0) is 26.2 Å². The van der Waals surface area contributed by atoms with E-state index in [0.29, 0.717) is 24.5 Å². The molecular formula is C12H28N2O. The Kier molecular flexibility index (Phi) is 8.02. The molecule has 0 aromatic carbocycles. The number of nitrogens with two attached hydrogens (primary N) is 1. The van der Waals surface area contributed by atoms with Crippen LogP contribution in [0.2, 0.25) is 0 Å². The van der Waals surface area contributed by atoms with Gasteiger partial charge in [-0.15, -0.1) is 0 Å². The van der Waals surface area contributed by atoms with Crippen LogP contribution in [0.4, 0.5) is 0 Å². The summed E-state index contributed by atoms with van der Waals surface area (Å²) in [7, 11) is 0. The lowest BCUT2D eigenvalue weighted by Gasteiger charge is -2.29. The highest BCUT2D eigenvalue weighted by molar-refractivity contribution is 4.79. The van der Waals surface area contributed by atoms with E-state index in [1.165, 1.54) is 0 Å². The third kappa shape index (κ3) is 6.13. The lowest BCUT2D eigenvalue weighted by Crippen LogP contribution is -2.46. The third-order valence-electron chi connectivity index (χ3n) is 3.06. The van der Waals surface area contributed by atoms with Gasteiger partial charge in [-0.1, -0.05) is 26.7 Å². The van der Waals surface area contributed by atoms with E-state index in [-0.39, 0.29) is 6.10 Å². The monoisotopic (exact) mass is 216 g/mol. The van der Waals surface area contributed by atoms with Crippen LogP contribution in [0.15, 0.2) is 0 Å². The van der Waals surface area contributed by atoms with Crippen molar-refractivity contribution < 1.29 is 5.11 Å². The maximum atomic E-state index is 9.29. The van der Waals surface area contributed by atoms with Crippen molar-refractivity contribution in [2.75, 3.05) is 6.54 Å². The molecule has 0 saturated carbocycles. The van der Waals surface area contributed by atoms with Gasteiger partial charge in [-0.3, -0.25) is 0 Å². The zero-order valence-electron chi connectivity index (χ0n) is 10.7. The molecule has 0 aromatic heterocycles. The Balaban J connectivity index is 4.07. The van der Waals surface area contributed by atoms with E-state index >= 15 is 0 Å². The number of hydrogen-bond acceptors (Lipinski definition) is 3. The molecule has 0 saturated heterocycles. The molecule has 0 aliphatic carbocycles. The predicted octanol–water partition coefficient (Wildman–Crippen LogP) is 1.50. The molecule has 0 aliphatic heterocycles. The van der Waals surface area contributed by atoms with Crippen molar-refractivity contribution in [2.24, 2.45) is 11.7 Å². The van der Waals surface area contributed by atoms with Gasteiger partial charge in [0.25, 0.3) is 0 Å². The zero-order chi connectivity index (χ0) is 11.8. The van der Waals surface area contributed by atoms with Crippen molar-refractivity contribution in [2.45, 2.75) is 65.1 Å². The first-order valence-electron chi connectivity index (χ1n) is 6.19. The van der Waals surface area contributed by atoms with E-state index < -0.39 is 0 Å². The lowest BCUT2D eigenvalue weighted by molar-refractivity contribution is 0.163. The summed E-state index contributed by atoms with van der Waals surface area (Å²) in [6.45, 7) is 9.02. The number of aliphatic hydroxyl groups excluding tert-OH is 1. The third-order valence-corrected chi connectivity index (χ3v) is 3.06. The van der Waals surface area contributed by atoms with E-state index in [0.717, 1.165) is 19.3 Å². The van der Waals surface area contributed by atoms with Crippen molar-refractivity contribution in [3.8, 4) is 0 Å². The molecule has 0 heterocycles. The second-order valence-electron chi connectivity index (χ2n) is 4.57. The molecule has 3 atom stereocenters. The molecule has 0 spiro atoms. The average molecular weight is 216 g/mol. The van der Waals surface area contributed by atoms with Crippen LogP contribution >= 0.6 is 0 Å². The first kappa shape index (κ1) is 14.9. The number of aliphatic hydroxyl groups is 1. The molecule has 15 heavy (non-hydrogen) atoms. The van der Waals surface area contributed by atoms with Gasteiger partial charge in [-0.2, -0.15) is 0 Å². The molecule has 0 bridgehead atoms. The van der Waals surface area contributed by atoms with Crippen molar-refractivity contribution in [1.82, 2.24) is 5.32 Å². The van der Waals surface area contributed by atoms with Crippen LogP contribution in [-0.2, 0) is 0 Å². The van der Waals surface area contributed by atoms with Crippen LogP contribution in [0.25, 0.3) is 0 Å². The largest absolute Gasteiger partial charge is 0.393 e. The van der Waals surface area contributed by atoms with Crippen LogP contribution in [-0.4, -0.2) is 29.8 Å². The summed E-state index contributed by atoms with van der Waals surface area (Å²) in [4.78, 5) is 0. The molecule has 3 unspecified atom stereocenters. The van der Waals surface area contributed by atoms with Crippen molar-refractivity contribution >= 4 is 0 Å². The summed E-state index contributed by atoms with van der Waals surface area (Å²) >= 11 is 0. The Morgan fingerprint density at radius 3 is 2.07 bits per heavy atom. The molecule has 3 heteroatoms. The normalized spacial score (nSPS) is 17.8. The minimum atomic E-state index is -0.243. The van der Waals surface area contributed by atoms with Crippen LogP contribution in [0, 0.1) is 5.92 Å². The Labute approximate surface area is 94.4 Å². The Morgan fingerprint density at radius 1 is 1.20 bits per heavy atom. The molecule has 0 amide bonds. The highest BCUT2D eigenvalue weighted by Crippen LogP contribution is 2.13. The van der Waals surface area contributed by atoms with Gasteiger partial charge in [0.05, 0.1) is 6.10 Å². The quantitative estimate of drug-likeness (QED) is 0.576. The first-order chi connectivity index (χ1) is 7.04. The van der Waals surface area contributed by atoms with Gasteiger partial charge in [0.1, 0.15) is 0 Å². The van der Waals surface area contributed by atoms with Gasteiger partial charge in [0.15, 0.2) is 0 Å². The molecule has 0 fully saturated rings. The van der Waals surface area contributed by atoms with Gasteiger partial charge >= 0.3 is 0 Å². The molecule has 92 valence electrons. The summed E-state index contributed by atoms with van der Waals surface area (Å²) in [6.07, 6.45) is 2.86. The Morgan fingerprint density at radius 2 is 1.73 bits per heavy atom. The molecule has 0 rings (SSSR count). The smallest absolute Gasteiger partial charge is 0.0526 e. The second kappa shape index (κ2) is 8.08. The summed E-state index contributed by atoms with van der Waals surface area (Å²) in [5.74, 6) is 0.645. The van der Waals surface area contributed by atoms with Gasteiger partial charge in [-0.25, -0.2) is 0 Å². The maximum Gasteiger partial charge on any atom is 0.0526 e. The van der Waals surface area contributed by atoms with E-state index in [4.69, 9.17) is 5.73 Å². The fourth-order valence-corrected chi connectivity index (χ4v) is 2.20. The summed E-state index contributed by atoms with van der Waals surface area (Å²) in [6, 6.07) is 0.716. The number of nitrogens with one attached hydrogen (secondary N) is 1. The van der Waals surface area contributed by atoms with E-state index in [1.807, 2.05) is 6.92 Å². The van der Waals surface area contributed by atoms with E-state index in [2.05, 4.69) is 26.1 Å². The van der Waals surface area contributed by atoms with Crippen LogP contribution in [0.1, 0.15) is 47.0 Å².